The van der Waals surface area contributed by atoms with Crippen LogP contribution in [0.2, 0.25) is 0 Å². The quantitative estimate of drug-likeness (QED) is 0.185. The van der Waals surface area contributed by atoms with E-state index in [0.29, 0.717) is 0 Å². The van der Waals surface area contributed by atoms with E-state index in [9.17, 15) is 0 Å². The fourth-order valence-corrected chi connectivity index (χ4v) is 9.41. The number of hydrogen-bond donors (Lipinski definition) is 0. The number of hydrogen-bond acceptors (Lipinski definition) is 1. The van der Waals surface area contributed by atoms with E-state index in [-0.39, 0.29) is 11.8 Å². The van der Waals surface area contributed by atoms with E-state index in [2.05, 4.69) is 187 Å². The van der Waals surface area contributed by atoms with Crippen LogP contribution in [0.15, 0.2) is 193 Å². The first kappa shape index (κ1) is 28.5. The molecule has 0 aliphatic heterocycles. The lowest BCUT2D eigenvalue weighted by Gasteiger charge is -2.39. The minimum atomic E-state index is -0.422. The van der Waals surface area contributed by atoms with Gasteiger partial charge >= 0.3 is 0 Å². The highest BCUT2D eigenvalue weighted by Gasteiger charge is 2.53. The number of allylic oxidation sites excluding steroid dienone is 4. The van der Waals surface area contributed by atoms with Gasteiger partial charge in [-0.3, -0.25) is 0 Å². The van der Waals surface area contributed by atoms with Crippen LogP contribution >= 0.6 is 0 Å². The largest absolute Gasteiger partial charge is 0.456 e. The van der Waals surface area contributed by atoms with Gasteiger partial charge in [0.1, 0.15) is 11.2 Å². The molecule has 2 aliphatic carbocycles. The Bertz CT molecular complexity index is 2870. The third-order valence-electron chi connectivity index (χ3n) is 11.6. The van der Waals surface area contributed by atoms with Gasteiger partial charge in [0.2, 0.25) is 0 Å². The lowest BCUT2D eigenvalue weighted by molar-refractivity contribution is 0.457. The van der Waals surface area contributed by atoms with Crippen LogP contribution in [0, 0.1) is 5.92 Å². The van der Waals surface area contributed by atoms with Crippen LogP contribution in [0.4, 0.5) is 0 Å². The Kier molecular flexibility index (Phi) is 6.03. The Morgan fingerprint density at radius 2 is 1.18 bits per heavy atom. The fourth-order valence-electron chi connectivity index (χ4n) is 9.41. The Balaban J connectivity index is 1.23. The Hall–Kier alpha value is -6.38. The molecule has 7 aromatic carbocycles. The normalized spacial score (nSPS) is 19.3. The average molecular weight is 652 g/mol. The predicted molar refractivity (Wildman–Crippen MR) is 211 cm³/mol. The van der Waals surface area contributed by atoms with Crippen molar-refractivity contribution in [3.63, 3.8) is 0 Å². The second-order valence-electron chi connectivity index (χ2n) is 14.0. The lowest BCUT2D eigenvalue weighted by Crippen LogP contribution is -2.35. The van der Waals surface area contributed by atoms with Gasteiger partial charge in [0.15, 0.2) is 0 Å². The van der Waals surface area contributed by atoms with Gasteiger partial charge in [-0.05, 0) is 81.9 Å². The first-order chi connectivity index (χ1) is 25.3. The van der Waals surface area contributed by atoms with Gasteiger partial charge < -0.3 is 8.98 Å². The van der Waals surface area contributed by atoms with Crippen molar-refractivity contribution in [2.45, 2.75) is 11.3 Å². The monoisotopic (exact) mass is 651 g/mol. The Morgan fingerprint density at radius 1 is 0.471 bits per heavy atom. The van der Waals surface area contributed by atoms with Crippen molar-refractivity contribution in [2.75, 3.05) is 0 Å². The van der Waals surface area contributed by atoms with Gasteiger partial charge in [0.05, 0.1) is 16.4 Å². The summed E-state index contributed by atoms with van der Waals surface area (Å²) in [5.74, 6) is 0.484. The van der Waals surface area contributed by atoms with Crippen LogP contribution in [-0.4, -0.2) is 4.57 Å². The van der Waals surface area contributed by atoms with E-state index in [1.165, 1.54) is 55.2 Å². The molecule has 9 aromatic rings. The third kappa shape index (κ3) is 3.99. The van der Waals surface area contributed by atoms with E-state index in [0.717, 1.165) is 27.6 Å². The molecule has 2 nitrogen and oxygen atoms in total. The highest BCUT2D eigenvalue weighted by Crippen LogP contribution is 2.60. The molecule has 3 atom stereocenters. The molecule has 0 spiro atoms. The molecule has 0 N–H and O–H groups in total. The SMILES string of the molecule is C1=CC2c3ccccc3C(c3ccc4oc5ccccc5c4c3)(c3ccc4c(c3)c3ccc(-c5ccccc5)cc3n4-c3ccccc3)C2C=C1. The molecule has 3 unspecified atom stereocenters. The van der Waals surface area contributed by atoms with E-state index >= 15 is 0 Å². The molecule has 0 radical (unpaired) electrons. The molecule has 2 heterocycles. The number of furan rings is 1. The standard InChI is InChI=1S/C49H33NO/c1-3-13-32(14-4-1)33-23-26-39-41-30-34(24-27-45(41)50(46(39)29-33)36-15-5-2-6-16-36)49(43-20-10-7-17-37(43)38-18-8-11-21-44(38)49)35-25-28-48-42(31-35)40-19-9-12-22-47(40)51-48/h1-31,37,43H. The molecule has 240 valence electrons. The number of fused-ring (bicyclic) bond motifs is 9. The molecular formula is C49H33NO. The van der Waals surface area contributed by atoms with Gasteiger partial charge in [-0.2, -0.15) is 0 Å². The maximum atomic E-state index is 6.35. The number of nitrogens with zero attached hydrogens (tertiary/aromatic N) is 1. The van der Waals surface area contributed by atoms with Crippen LogP contribution in [-0.2, 0) is 5.41 Å². The number of aromatic nitrogens is 1. The molecule has 2 heteroatoms. The molecule has 51 heavy (non-hydrogen) atoms. The number of benzene rings is 7. The molecule has 0 saturated carbocycles. The second kappa shape index (κ2) is 10.8. The molecule has 2 aliphatic rings. The van der Waals surface area contributed by atoms with Crippen molar-refractivity contribution < 1.29 is 4.42 Å². The Labute approximate surface area is 296 Å². The van der Waals surface area contributed by atoms with Gasteiger partial charge in [-0.1, -0.05) is 140 Å². The minimum absolute atomic E-state index is 0.208. The second-order valence-corrected chi connectivity index (χ2v) is 14.0. The Morgan fingerprint density at radius 3 is 2.06 bits per heavy atom. The van der Waals surface area contributed by atoms with Gasteiger partial charge in [-0.25, -0.2) is 0 Å². The molecule has 2 aromatic heterocycles. The molecule has 11 rings (SSSR count). The lowest BCUT2D eigenvalue weighted by atomic mass is 9.63. The summed E-state index contributed by atoms with van der Waals surface area (Å²) < 4.78 is 8.79. The van der Waals surface area contributed by atoms with Crippen LogP contribution in [0.3, 0.4) is 0 Å². The molecule has 0 bridgehead atoms. The molecule has 0 amide bonds. The summed E-state index contributed by atoms with van der Waals surface area (Å²) in [5, 5.41) is 4.83. The van der Waals surface area contributed by atoms with Gasteiger partial charge in [0, 0.05) is 39.1 Å². The zero-order valence-corrected chi connectivity index (χ0v) is 27.9. The zero-order valence-electron chi connectivity index (χ0n) is 27.9. The predicted octanol–water partition coefficient (Wildman–Crippen LogP) is 12.5. The van der Waals surface area contributed by atoms with Gasteiger partial charge in [0.25, 0.3) is 0 Å². The molecule has 0 saturated heterocycles. The molecule has 0 fully saturated rings. The maximum Gasteiger partial charge on any atom is 0.135 e. The van der Waals surface area contributed by atoms with Crippen molar-refractivity contribution in [1.82, 2.24) is 4.57 Å². The first-order valence-electron chi connectivity index (χ1n) is 17.8. The van der Waals surface area contributed by atoms with E-state index in [1.54, 1.807) is 0 Å². The highest BCUT2D eigenvalue weighted by atomic mass is 16.3. The highest BCUT2D eigenvalue weighted by molar-refractivity contribution is 6.11. The topological polar surface area (TPSA) is 18.1 Å². The summed E-state index contributed by atoms with van der Waals surface area (Å²) in [6.45, 7) is 0. The van der Waals surface area contributed by atoms with Crippen molar-refractivity contribution in [3.05, 3.63) is 210 Å². The summed E-state index contributed by atoms with van der Waals surface area (Å²) in [7, 11) is 0. The van der Waals surface area contributed by atoms with E-state index in [4.69, 9.17) is 4.42 Å². The maximum absolute atomic E-state index is 6.35. The third-order valence-corrected chi connectivity index (χ3v) is 11.6. The van der Waals surface area contributed by atoms with Crippen molar-refractivity contribution in [1.29, 1.82) is 0 Å². The van der Waals surface area contributed by atoms with Crippen molar-refractivity contribution >= 4 is 43.7 Å². The first-order valence-corrected chi connectivity index (χ1v) is 17.8. The van der Waals surface area contributed by atoms with Crippen molar-refractivity contribution in [3.8, 4) is 16.8 Å². The summed E-state index contributed by atoms with van der Waals surface area (Å²) in [6.07, 6.45) is 9.33. The fraction of sp³-hybridized carbons (Fsp3) is 0.0612. The zero-order chi connectivity index (χ0) is 33.5. The van der Waals surface area contributed by atoms with Crippen LogP contribution in [0.1, 0.15) is 28.2 Å². The van der Waals surface area contributed by atoms with Crippen LogP contribution in [0.25, 0.3) is 60.6 Å². The van der Waals surface area contributed by atoms with E-state index < -0.39 is 5.41 Å². The van der Waals surface area contributed by atoms with Gasteiger partial charge in [-0.15, -0.1) is 0 Å². The summed E-state index contributed by atoms with van der Waals surface area (Å²) in [5.41, 5.74) is 12.8. The summed E-state index contributed by atoms with van der Waals surface area (Å²) in [6, 6.07) is 60.2. The average Bonchev–Trinajstić information content (AvgIpc) is 3.84. The van der Waals surface area contributed by atoms with Crippen LogP contribution < -0.4 is 0 Å². The number of rotatable bonds is 4. The summed E-state index contributed by atoms with van der Waals surface area (Å²) >= 11 is 0. The minimum Gasteiger partial charge on any atom is -0.456 e. The van der Waals surface area contributed by atoms with Crippen molar-refractivity contribution in [2.24, 2.45) is 5.92 Å². The smallest absolute Gasteiger partial charge is 0.135 e. The van der Waals surface area contributed by atoms with E-state index in [1.807, 2.05) is 6.07 Å². The summed E-state index contributed by atoms with van der Waals surface area (Å²) in [4.78, 5) is 0. The molecular weight excluding hydrogens is 619 g/mol. The van der Waals surface area contributed by atoms with Crippen LogP contribution in [0.5, 0.6) is 0 Å². The number of para-hydroxylation sites is 2.